The van der Waals surface area contributed by atoms with Crippen LogP contribution in [-0.4, -0.2) is 50.9 Å². The number of ether oxygens (including phenoxy) is 1. The third-order valence-corrected chi connectivity index (χ3v) is 4.66. The van der Waals surface area contributed by atoms with Gasteiger partial charge in [-0.3, -0.25) is 4.79 Å². The van der Waals surface area contributed by atoms with Crippen LogP contribution < -0.4 is 5.32 Å². The summed E-state index contributed by atoms with van der Waals surface area (Å²) in [7, 11) is 0. The SMILES string of the molecule is CCOC(=O)CC(C)(C)NCC(O)c1ccc(O)c2[nH]c(C(=O)O)c(CC)c12. The highest BCUT2D eigenvalue weighted by Crippen LogP contribution is 2.35. The number of aliphatic hydroxyl groups excluding tert-OH is 1. The van der Waals surface area contributed by atoms with Crippen molar-refractivity contribution in [3.63, 3.8) is 0 Å². The first-order valence-corrected chi connectivity index (χ1v) is 9.29. The monoisotopic (exact) mass is 392 g/mol. The number of β-amino-alcohol motifs (C(OH)–C–C–N with tert-alkyl or cyclic N) is 1. The molecule has 0 bridgehead atoms. The normalized spacial score (nSPS) is 12.9. The van der Waals surface area contributed by atoms with Crippen molar-refractivity contribution in [1.82, 2.24) is 10.3 Å². The lowest BCUT2D eigenvalue weighted by Gasteiger charge is -2.27. The van der Waals surface area contributed by atoms with E-state index in [4.69, 9.17) is 4.74 Å². The minimum Gasteiger partial charge on any atom is -0.506 e. The van der Waals surface area contributed by atoms with Crippen molar-refractivity contribution >= 4 is 22.8 Å². The summed E-state index contributed by atoms with van der Waals surface area (Å²) in [6.07, 6.45) is -0.397. The number of nitrogens with one attached hydrogen (secondary N) is 2. The molecule has 0 aliphatic rings. The second kappa shape index (κ2) is 8.62. The number of aromatic amines is 1. The number of phenolic OH excluding ortho intramolecular Hbond substituents is 1. The highest BCUT2D eigenvalue weighted by atomic mass is 16.5. The van der Waals surface area contributed by atoms with Gasteiger partial charge in [0, 0.05) is 17.5 Å². The fourth-order valence-electron chi connectivity index (χ4n) is 3.32. The molecule has 0 amide bonds. The van der Waals surface area contributed by atoms with Crippen LogP contribution in [0.2, 0.25) is 0 Å². The van der Waals surface area contributed by atoms with Crippen LogP contribution in [0.1, 0.15) is 61.8 Å². The van der Waals surface area contributed by atoms with E-state index < -0.39 is 17.6 Å². The van der Waals surface area contributed by atoms with E-state index >= 15 is 0 Å². The topological polar surface area (TPSA) is 132 Å². The lowest BCUT2D eigenvalue weighted by molar-refractivity contribution is -0.144. The second-order valence-corrected chi connectivity index (χ2v) is 7.32. The number of carbonyl (C=O) groups excluding carboxylic acids is 1. The Morgan fingerprint density at radius 1 is 1.29 bits per heavy atom. The van der Waals surface area contributed by atoms with Crippen LogP contribution in [0.25, 0.3) is 10.9 Å². The summed E-state index contributed by atoms with van der Waals surface area (Å²) in [5, 5.41) is 34.0. The van der Waals surface area contributed by atoms with Gasteiger partial charge in [-0.05, 0) is 44.4 Å². The Labute approximate surface area is 163 Å². The Morgan fingerprint density at radius 3 is 2.54 bits per heavy atom. The molecule has 0 aliphatic carbocycles. The molecule has 2 rings (SSSR count). The van der Waals surface area contributed by atoms with E-state index in [2.05, 4.69) is 10.3 Å². The average molecular weight is 392 g/mol. The maximum Gasteiger partial charge on any atom is 0.352 e. The van der Waals surface area contributed by atoms with E-state index in [-0.39, 0.29) is 35.9 Å². The third kappa shape index (κ3) is 4.63. The fraction of sp³-hybridized carbons (Fsp3) is 0.500. The first-order valence-electron chi connectivity index (χ1n) is 9.29. The Morgan fingerprint density at radius 2 is 1.96 bits per heavy atom. The molecule has 1 aromatic carbocycles. The van der Waals surface area contributed by atoms with Crippen LogP contribution in [0.5, 0.6) is 5.75 Å². The van der Waals surface area contributed by atoms with Crippen LogP contribution in [0.3, 0.4) is 0 Å². The molecule has 154 valence electrons. The quantitative estimate of drug-likeness (QED) is 0.414. The summed E-state index contributed by atoms with van der Waals surface area (Å²) < 4.78 is 4.97. The zero-order chi connectivity index (χ0) is 21.1. The molecular formula is C20H28N2O6. The van der Waals surface area contributed by atoms with Crippen molar-refractivity contribution in [2.45, 2.75) is 52.2 Å². The maximum absolute atomic E-state index is 11.7. The summed E-state index contributed by atoms with van der Waals surface area (Å²) in [6, 6.07) is 3.01. The maximum atomic E-state index is 11.7. The number of aryl methyl sites for hydroxylation is 1. The zero-order valence-electron chi connectivity index (χ0n) is 16.6. The minimum absolute atomic E-state index is 0.00282. The molecule has 0 saturated heterocycles. The molecule has 1 atom stereocenters. The molecule has 0 aliphatic heterocycles. The number of hydrogen-bond donors (Lipinski definition) is 5. The summed E-state index contributed by atoms with van der Waals surface area (Å²) in [6.45, 7) is 7.67. The smallest absolute Gasteiger partial charge is 0.352 e. The van der Waals surface area contributed by atoms with E-state index in [1.54, 1.807) is 13.0 Å². The number of esters is 1. The number of aliphatic hydroxyl groups is 1. The molecule has 28 heavy (non-hydrogen) atoms. The van der Waals surface area contributed by atoms with Gasteiger partial charge in [-0.2, -0.15) is 0 Å². The van der Waals surface area contributed by atoms with Gasteiger partial charge in [0.15, 0.2) is 0 Å². The summed E-state index contributed by atoms with van der Waals surface area (Å²) in [5.41, 5.74) is 0.729. The standard InChI is InChI=1S/C20H28N2O6/c1-5-11-16-12(7-8-13(23)18(16)22-17(11)19(26)27)14(24)10-21-20(3,4)9-15(25)28-6-2/h7-8,14,21-24H,5-6,9-10H2,1-4H3,(H,26,27). The number of aromatic nitrogens is 1. The van der Waals surface area contributed by atoms with Crippen LogP contribution in [0.15, 0.2) is 12.1 Å². The molecule has 0 radical (unpaired) electrons. The predicted octanol–water partition coefficient (Wildman–Crippen LogP) is 2.49. The number of phenols is 1. The van der Waals surface area contributed by atoms with E-state index in [1.165, 1.54) is 6.07 Å². The minimum atomic E-state index is -1.12. The molecule has 0 saturated carbocycles. The number of carboxylic acid groups (broad SMARTS) is 1. The molecular weight excluding hydrogens is 364 g/mol. The van der Waals surface area contributed by atoms with E-state index in [1.807, 2.05) is 20.8 Å². The molecule has 8 nitrogen and oxygen atoms in total. The molecule has 1 unspecified atom stereocenters. The first kappa shape index (κ1) is 21.7. The molecule has 8 heteroatoms. The number of benzene rings is 1. The Bertz CT molecular complexity index is 871. The number of rotatable bonds is 9. The van der Waals surface area contributed by atoms with E-state index in [9.17, 15) is 24.9 Å². The number of aromatic carboxylic acids is 1. The van der Waals surface area contributed by atoms with Gasteiger partial charge in [0.2, 0.25) is 0 Å². The van der Waals surface area contributed by atoms with Gasteiger partial charge < -0.3 is 30.4 Å². The lowest BCUT2D eigenvalue weighted by atomic mass is 9.96. The molecule has 5 N–H and O–H groups in total. The number of carbonyl (C=O) groups is 2. The second-order valence-electron chi connectivity index (χ2n) is 7.32. The van der Waals surface area contributed by atoms with Gasteiger partial charge in [0.25, 0.3) is 0 Å². The van der Waals surface area contributed by atoms with Crippen LogP contribution in [0, 0.1) is 0 Å². The number of carboxylic acids is 1. The van der Waals surface area contributed by atoms with Crippen molar-refractivity contribution in [3.05, 3.63) is 29.0 Å². The van der Waals surface area contributed by atoms with Crippen molar-refractivity contribution < 1.29 is 29.6 Å². The Kier molecular flexibility index (Phi) is 6.69. The molecule has 1 heterocycles. The van der Waals surface area contributed by atoms with Gasteiger partial charge in [0.1, 0.15) is 11.4 Å². The largest absolute Gasteiger partial charge is 0.506 e. The van der Waals surface area contributed by atoms with Crippen molar-refractivity contribution in [3.8, 4) is 5.75 Å². The number of hydrogen-bond acceptors (Lipinski definition) is 6. The number of H-pyrrole nitrogens is 1. The van der Waals surface area contributed by atoms with Crippen molar-refractivity contribution in [2.75, 3.05) is 13.2 Å². The van der Waals surface area contributed by atoms with Crippen LogP contribution in [-0.2, 0) is 16.0 Å². The van der Waals surface area contributed by atoms with Crippen molar-refractivity contribution in [2.24, 2.45) is 0 Å². The Hall–Kier alpha value is -2.58. The predicted molar refractivity (Wildman–Crippen MR) is 105 cm³/mol. The molecule has 1 aromatic heterocycles. The molecule has 2 aromatic rings. The summed E-state index contributed by atoms with van der Waals surface area (Å²) >= 11 is 0. The van der Waals surface area contributed by atoms with E-state index in [0.29, 0.717) is 29.5 Å². The third-order valence-electron chi connectivity index (χ3n) is 4.66. The zero-order valence-corrected chi connectivity index (χ0v) is 16.6. The summed E-state index contributed by atoms with van der Waals surface area (Å²) in [4.78, 5) is 26.0. The van der Waals surface area contributed by atoms with Gasteiger partial charge >= 0.3 is 11.9 Å². The van der Waals surface area contributed by atoms with Gasteiger partial charge in [-0.25, -0.2) is 4.79 Å². The summed E-state index contributed by atoms with van der Waals surface area (Å²) in [5.74, 6) is -1.53. The van der Waals surface area contributed by atoms with Gasteiger partial charge in [0.05, 0.1) is 24.6 Å². The van der Waals surface area contributed by atoms with Crippen LogP contribution in [0.4, 0.5) is 0 Å². The van der Waals surface area contributed by atoms with Gasteiger partial charge in [-0.1, -0.05) is 13.0 Å². The first-order chi connectivity index (χ1) is 13.1. The Balaban J connectivity index is 2.30. The highest BCUT2D eigenvalue weighted by molar-refractivity contribution is 6.01. The van der Waals surface area contributed by atoms with Crippen LogP contribution >= 0.6 is 0 Å². The highest BCUT2D eigenvalue weighted by Gasteiger charge is 2.26. The fourth-order valence-corrected chi connectivity index (χ4v) is 3.32. The lowest BCUT2D eigenvalue weighted by Crippen LogP contribution is -2.43. The van der Waals surface area contributed by atoms with Crippen molar-refractivity contribution in [1.29, 1.82) is 0 Å². The number of fused-ring (bicyclic) bond motifs is 1. The molecule has 0 spiro atoms. The average Bonchev–Trinajstić information content (AvgIpc) is 3.00. The van der Waals surface area contributed by atoms with Gasteiger partial charge in [-0.15, -0.1) is 0 Å². The van der Waals surface area contributed by atoms with E-state index in [0.717, 1.165) is 0 Å². The molecule has 0 fully saturated rings. The number of aromatic hydroxyl groups is 1.